The van der Waals surface area contributed by atoms with Crippen LogP contribution in [0.25, 0.3) is 11.1 Å². The predicted molar refractivity (Wildman–Crippen MR) is 118 cm³/mol. The van der Waals surface area contributed by atoms with Gasteiger partial charge in [-0.2, -0.15) is 0 Å². The van der Waals surface area contributed by atoms with Gasteiger partial charge in [-0.15, -0.1) is 0 Å². The summed E-state index contributed by atoms with van der Waals surface area (Å²) >= 11 is 0. The lowest BCUT2D eigenvalue weighted by atomic mass is 10.0. The summed E-state index contributed by atoms with van der Waals surface area (Å²) in [6.07, 6.45) is 2.53. The number of piperidine rings is 1. The molecule has 2 aromatic carbocycles. The Hall–Kier alpha value is -1.88. The third-order valence-corrected chi connectivity index (χ3v) is 5.86. The van der Waals surface area contributed by atoms with Gasteiger partial charge in [0.05, 0.1) is 7.11 Å². The van der Waals surface area contributed by atoms with E-state index in [1.807, 2.05) is 12.1 Å². The number of likely N-dealkylation sites (tertiary alicyclic amines) is 1. The smallest absolute Gasteiger partial charge is 0.126 e. The normalized spacial score (nSPS) is 16.1. The van der Waals surface area contributed by atoms with E-state index in [0.29, 0.717) is 0 Å². The minimum absolute atomic E-state index is 0.726. The molecule has 1 aliphatic rings. The Morgan fingerprint density at radius 1 is 0.929 bits per heavy atom. The highest BCUT2D eigenvalue weighted by Gasteiger charge is 2.22. The lowest BCUT2D eigenvalue weighted by Crippen LogP contribution is -2.44. The van der Waals surface area contributed by atoms with Crippen molar-refractivity contribution in [3.63, 3.8) is 0 Å². The van der Waals surface area contributed by atoms with Crippen LogP contribution in [-0.2, 0) is 6.54 Å². The molecule has 0 saturated carbocycles. The van der Waals surface area contributed by atoms with Crippen LogP contribution < -0.4 is 4.74 Å². The topological polar surface area (TPSA) is 19.0 Å². The summed E-state index contributed by atoms with van der Waals surface area (Å²) in [4.78, 5) is 7.40. The first-order chi connectivity index (χ1) is 13.6. The van der Waals surface area contributed by atoms with Gasteiger partial charge in [0.1, 0.15) is 5.75 Å². The van der Waals surface area contributed by atoms with Crippen molar-refractivity contribution in [2.45, 2.75) is 25.4 Å². The second-order valence-corrected chi connectivity index (χ2v) is 8.19. The van der Waals surface area contributed by atoms with Crippen molar-refractivity contribution >= 4 is 0 Å². The molecule has 28 heavy (non-hydrogen) atoms. The van der Waals surface area contributed by atoms with Crippen molar-refractivity contribution in [1.82, 2.24) is 14.7 Å². The van der Waals surface area contributed by atoms with E-state index < -0.39 is 0 Å². The fraction of sp³-hybridized carbons (Fsp3) is 0.500. The van der Waals surface area contributed by atoms with Crippen LogP contribution in [0.4, 0.5) is 0 Å². The first-order valence-electron chi connectivity index (χ1n) is 10.4. The summed E-state index contributed by atoms with van der Waals surface area (Å²) in [5.41, 5.74) is 3.75. The highest BCUT2D eigenvalue weighted by molar-refractivity contribution is 5.70. The zero-order valence-corrected chi connectivity index (χ0v) is 17.9. The number of rotatable bonds is 8. The number of likely N-dealkylation sites (N-methyl/N-ethyl adjacent to an activating group) is 2. The largest absolute Gasteiger partial charge is 0.496 e. The number of benzene rings is 2. The van der Waals surface area contributed by atoms with E-state index in [1.54, 1.807) is 7.11 Å². The number of hydrogen-bond acceptors (Lipinski definition) is 4. The molecular formula is C24H35N3O. The molecule has 3 rings (SSSR count). The van der Waals surface area contributed by atoms with Crippen molar-refractivity contribution in [3.8, 4) is 16.9 Å². The minimum Gasteiger partial charge on any atom is -0.496 e. The van der Waals surface area contributed by atoms with Crippen LogP contribution >= 0.6 is 0 Å². The Balaban J connectivity index is 1.52. The molecule has 0 unspecified atom stereocenters. The lowest BCUT2D eigenvalue weighted by Gasteiger charge is -2.37. The van der Waals surface area contributed by atoms with Crippen molar-refractivity contribution < 1.29 is 4.74 Å². The number of ether oxygens (including phenoxy) is 1. The summed E-state index contributed by atoms with van der Waals surface area (Å²) in [6, 6.07) is 17.9. The molecule has 0 aromatic heterocycles. The number of para-hydroxylation sites is 1. The van der Waals surface area contributed by atoms with E-state index in [0.717, 1.165) is 37.0 Å². The maximum absolute atomic E-state index is 5.50. The van der Waals surface area contributed by atoms with Gasteiger partial charge in [-0.3, -0.25) is 4.90 Å². The van der Waals surface area contributed by atoms with Crippen LogP contribution in [0.5, 0.6) is 5.75 Å². The van der Waals surface area contributed by atoms with E-state index >= 15 is 0 Å². The SMILES string of the molecule is COc1ccccc1-c1ccc(CN2CCC(N(C)CCN(C)C)CC2)cc1. The third-order valence-electron chi connectivity index (χ3n) is 5.86. The fourth-order valence-electron chi connectivity index (χ4n) is 3.99. The van der Waals surface area contributed by atoms with Gasteiger partial charge in [-0.05, 0) is 64.3 Å². The van der Waals surface area contributed by atoms with Crippen molar-refractivity contribution in [1.29, 1.82) is 0 Å². The molecule has 0 amide bonds. The minimum atomic E-state index is 0.726. The zero-order chi connectivity index (χ0) is 19.9. The van der Waals surface area contributed by atoms with Crippen LogP contribution in [0, 0.1) is 0 Å². The van der Waals surface area contributed by atoms with Gasteiger partial charge >= 0.3 is 0 Å². The molecule has 0 radical (unpaired) electrons. The second-order valence-electron chi connectivity index (χ2n) is 8.19. The molecule has 0 spiro atoms. The van der Waals surface area contributed by atoms with Gasteiger partial charge in [0, 0.05) is 31.2 Å². The molecule has 0 aliphatic carbocycles. The van der Waals surface area contributed by atoms with Gasteiger partial charge in [0.25, 0.3) is 0 Å². The molecule has 1 fully saturated rings. The van der Waals surface area contributed by atoms with Crippen molar-refractivity contribution in [2.75, 3.05) is 54.4 Å². The van der Waals surface area contributed by atoms with Crippen molar-refractivity contribution in [3.05, 3.63) is 54.1 Å². The van der Waals surface area contributed by atoms with Gasteiger partial charge in [0.15, 0.2) is 0 Å². The number of hydrogen-bond donors (Lipinski definition) is 0. The molecule has 1 saturated heterocycles. The standard InChI is InChI=1S/C24H35N3O/c1-25(2)17-18-26(3)22-13-15-27(16-14-22)19-20-9-11-21(12-10-20)23-7-5-6-8-24(23)28-4/h5-12,22H,13-19H2,1-4H3. The third kappa shape index (κ3) is 5.57. The maximum Gasteiger partial charge on any atom is 0.126 e. The Morgan fingerprint density at radius 2 is 1.61 bits per heavy atom. The average molecular weight is 382 g/mol. The predicted octanol–water partition coefficient (Wildman–Crippen LogP) is 3.82. The monoisotopic (exact) mass is 381 g/mol. The van der Waals surface area contributed by atoms with E-state index in [9.17, 15) is 0 Å². The molecular weight excluding hydrogens is 346 g/mol. The highest BCUT2D eigenvalue weighted by Crippen LogP contribution is 2.29. The van der Waals surface area contributed by atoms with Crippen LogP contribution in [-0.4, -0.2) is 75.2 Å². The van der Waals surface area contributed by atoms with Crippen molar-refractivity contribution in [2.24, 2.45) is 0 Å². The van der Waals surface area contributed by atoms with Crippen LogP contribution in [0.15, 0.2) is 48.5 Å². The first-order valence-corrected chi connectivity index (χ1v) is 10.4. The van der Waals surface area contributed by atoms with Crippen LogP contribution in [0.2, 0.25) is 0 Å². The van der Waals surface area contributed by atoms with E-state index in [4.69, 9.17) is 4.74 Å². The summed E-state index contributed by atoms with van der Waals surface area (Å²) < 4.78 is 5.50. The molecule has 4 nitrogen and oxygen atoms in total. The average Bonchev–Trinajstić information content (AvgIpc) is 2.73. The lowest BCUT2D eigenvalue weighted by molar-refractivity contribution is 0.118. The Morgan fingerprint density at radius 3 is 2.25 bits per heavy atom. The number of methoxy groups -OCH3 is 1. The van der Waals surface area contributed by atoms with Gasteiger partial charge in [-0.1, -0.05) is 42.5 Å². The van der Waals surface area contributed by atoms with E-state index in [2.05, 4.69) is 72.2 Å². The van der Waals surface area contributed by atoms with Gasteiger partial charge < -0.3 is 14.5 Å². The summed E-state index contributed by atoms with van der Waals surface area (Å²) in [5, 5.41) is 0. The Kier molecular flexibility index (Phi) is 7.49. The first kappa shape index (κ1) is 20.8. The highest BCUT2D eigenvalue weighted by atomic mass is 16.5. The Bertz CT molecular complexity index is 721. The summed E-state index contributed by atoms with van der Waals surface area (Å²) in [7, 11) is 8.31. The van der Waals surface area contributed by atoms with E-state index in [-0.39, 0.29) is 0 Å². The zero-order valence-electron chi connectivity index (χ0n) is 17.9. The van der Waals surface area contributed by atoms with Gasteiger partial charge in [0.2, 0.25) is 0 Å². The summed E-state index contributed by atoms with van der Waals surface area (Å²) in [5.74, 6) is 0.927. The molecule has 0 atom stereocenters. The maximum atomic E-state index is 5.50. The van der Waals surface area contributed by atoms with Crippen LogP contribution in [0.3, 0.4) is 0 Å². The second kappa shape index (κ2) is 10.1. The Labute approximate surface area is 170 Å². The molecule has 1 heterocycles. The number of nitrogens with zero attached hydrogens (tertiary/aromatic N) is 3. The molecule has 152 valence electrons. The quantitative estimate of drug-likeness (QED) is 0.692. The fourth-order valence-corrected chi connectivity index (χ4v) is 3.99. The summed E-state index contributed by atoms with van der Waals surface area (Å²) in [6.45, 7) is 5.70. The molecule has 0 N–H and O–H groups in total. The van der Waals surface area contributed by atoms with Gasteiger partial charge in [-0.25, -0.2) is 0 Å². The molecule has 2 aromatic rings. The molecule has 1 aliphatic heterocycles. The van der Waals surface area contributed by atoms with Crippen LogP contribution in [0.1, 0.15) is 18.4 Å². The molecule has 4 heteroatoms. The van der Waals surface area contributed by atoms with E-state index in [1.165, 1.54) is 37.1 Å². The molecule has 0 bridgehead atoms.